The summed E-state index contributed by atoms with van der Waals surface area (Å²) in [7, 11) is 0. The summed E-state index contributed by atoms with van der Waals surface area (Å²) >= 11 is 1.22. The molecule has 0 amide bonds. The first-order chi connectivity index (χ1) is 22.8. The van der Waals surface area contributed by atoms with Crippen LogP contribution >= 0.6 is 0 Å². The average molecular weight is 783 g/mol. The number of hydrogen-bond donors (Lipinski definition) is 0. The van der Waals surface area contributed by atoms with Crippen LogP contribution in [0.3, 0.4) is 0 Å². The van der Waals surface area contributed by atoms with Gasteiger partial charge in [-0.2, -0.15) is 6.08 Å². The first-order valence-corrected chi connectivity index (χ1v) is 18.0. The van der Waals surface area contributed by atoms with Gasteiger partial charge in [-0.15, -0.1) is 46.2 Å². The third kappa shape index (κ3) is 8.33. The monoisotopic (exact) mass is 780 g/mol. The Bertz CT molecular complexity index is 1990. The van der Waals surface area contributed by atoms with Crippen LogP contribution in [0.1, 0.15) is 94.2 Å². The van der Waals surface area contributed by atoms with Crippen LogP contribution < -0.4 is 24.8 Å². The van der Waals surface area contributed by atoms with Gasteiger partial charge in [-0.05, 0) is 59.8 Å². The summed E-state index contributed by atoms with van der Waals surface area (Å²) in [5.74, 6) is -0.488. The summed E-state index contributed by atoms with van der Waals surface area (Å²) in [5.41, 5.74) is 11.1. The maximum absolute atomic E-state index is 12.8. The minimum Gasteiger partial charge on any atom is -1.00 e. The number of fused-ring (bicyclic) bond motifs is 5. The summed E-state index contributed by atoms with van der Waals surface area (Å²) in [6, 6.07) is 25.0. The van der Waals surface area contributed by atoms with Crippen LogP contribution in [0.2, 0.25) is 0 Å². The Kier molecular flexibility index (Phi) is 12.8. The fraction of sp³-hybridized carbons (Fsp3) is 0.244. The quantitative estimate of drug-likeness (QED) is 0.185. The smallest absolute Gasteiger partial charge is 0.109 e. The van der Waals surface area contributed by atoms with Gasteiger partial charge in [-0.1, -0.05) is 63.1 Å². The van der Waals surface area contributed by atoms with Gasteiger partial charge < -0.3 is 24.8 Å². The summed E-state index contributed by atoms with van der Waals surface area (Å²) in [5, 5.41) is 5.61. The zero-order chi connectivity index (χ0) is 34.2. The summed E-state index contributed by atoms with van der Waals surface area (Å²) in [6.45, 7) is 14.0. The third-order valence-corrected chi connectivity index (χ3v) is 11.4. The molecule has 0 aliphatic heterocycles. The molecule has 0 saturated carbocycles. The Morgan fingerprint density at radius 1 is 0.680 bits per heavy atom. The molecule has 0 atom stereocenters. The predicted octanol–water partition coefficient (Wildman–Crippen LogP) is 6.28. The molecule has 0 fully saturated rings. The van der Waals surface area contributed by atoms with Gasteiger partial charge in [-0.3, -0.25) is 6.08 Å². The second-order valence-corrected chi connectivity index (χ2v) is 15.7. The first kappa shape index (κ1) is 39.7. The number of benzene rings is 4. The maximum atomic E-state index is 12.8. The van der Waals surface area contributed by atoms with Crippen molar-refractivity contribution in [1.29, 1.82) is 0 Å². The second kappa shape index (κ2) is 16.1. The minimum absolute atomic E-state index is 0. The van der Waals surface area contributed by atoms with Crippen molar-refractivity contribution in [2.24, 2.45) is 0 Å². The van der Waals surface area contributed by atoms with Crippen LogP contribution in [0.5, 0.6) is 0 Å². The summed E-state index contributed by atoms with van der Waals surface area (Å²) in [6.07, 6.45) is 17.1. The van der Waals surface area contributed by atoms with E-state index in [4.69, 9.17) is 0 Å². The molecule has 5 aromatic rings. The van der Waals surface area contributed by atoms with Crippen LogP contribution in [-0.2, 0) is 35.1 Å². The maximum Gasteiger partial charge on any atom is -0.109 e. The second-order valence-electron chi connectivity index (χ2n) is 14.5. The van der Waals surface area contributed by atoms with Gasteiger partial charge in [0.05, 0.1) is 0 Å². The van der Waals surface area contributed by atoms with Crippen molar-refractivity contribution >= 4 is 35.9 Å². The molecule has 5 heteroatoms. The number of rotatable bonds is 2. The molecule has 8 rings (SSSR count). The van der Waals surface area contributed by atoms with Crippen LogP contribution in [0.15, 0.2) is 109 Å². The van der Waals surface area contributed by atoms with E-state index < -0.39 is 0 Å². The summed E-state index contributed by atoms with van der Waals surface area (Å²) in [4.78, 5) is 0. The van der Waals surface area contributed by atoms with Gasteiger partial charge in [0.25, 0.3) is 0 Å². The largest absolute Gasteiger partial charge is 1.00 e. The van der Waals surface area contributed by atoms with Crippen molar-refractivity contribution in [3.8, 4) is 0 Å². The van der Waals surface area contributed by atoms with Gasteiger partial charge >= 0.3 is 108 Å². The Balaban J connectivity index is 0.000000208. The number of halogens is 4. The molecule has 3 aliphatic rings. The molecule has 0 heterocycles. The van der Waals surface area contributed by atoms with E-state index in [0.717, 1.165) is 33.6 Å². The molecular formula is C45H42Cl2F2Zr-2. The van der Waals surface area contributed by atoms with Crippen molar-refractivity contribution in [3.05, 3.63) is 160 Å². The van der Waals surface area contributed by atoms with Crippen LogP contribution in [0.25, 0.3) is 32.7 Å². The normalized spacial score (nSPS) is 16.0. The van der Waals surface area contributed by atoms with Crippen molar-refractivity contribution in [2.75, 3.05) is 0 Å². The van der Waals surface area contributed by atoms with Gasteiger partial charge in [0, 0.05) is 0 Å². The van der Waals surface area contributed by atoms with Gasteiger partial charge in [0.1, 0.15) is 0 Å². The molecule has 0 radical (unpaired) electrons. The van der Waals surface area contributed by atoms with Crippen LogP contribution in [0.4, 0.5) is 8.78 Å². The standard InChI is InChI=1S/C27H29.C13H8F2.C5H5.2ClH.Zr/c1-16-7-9-26(3,4)24-12-18-11-19-13-25-21(17(2)8-10-27(25,5)6)15-23(19)22(18)14-20(16)24;14-12-5-1-10(2-6-12)9-11-3-7-13(15)8-4-11;1-2-4-5-3-1;;;/h7-8,11-15H,9-10H2,1-6H3;1-8H;1-3H,4H2;2*1H;/q-1;;-1;;;+2/p-2. The molecule has 256 valence electrons. The van der Waals surface area contributed by atoms with Crippen molar-refractivity contribution in [3.63, 3.8) is 0 Å². The Morgan fingerprint density at radius 3 is 1.44 bits per heavy atom. The van der Waals surface area contributed by atoms with E-state index in [9.17, 15) is 8.78 Å². The molecule has 3 aliphatic carbocycles. The Labute approximate surface area is 323 Å². The summed E-state index contributed by atoms with van der Waals surface area (Å²) < 4.78 is 26.6. The van der Waals surface area contributed by atoms with E-state index in [2.05, 4.69) is 96.2 Å². The molecule has 0 nitrogen and oxygen atoms in total. The van der Waals surface area contributed by atoms with E-state index in [-0.39, 0.29) is 47.3 Å². The molecule has 0 saturated heterocycles. The molecular weight excluding hydrogens is 741 g/mol. The van der Waals surface area contributed by atoms with Crippen molar-refractivity contribution < 1.29 is 57.8 Å². The molecule has 0 N–H and O–H groups in total. The van der Waals surface area contributed by atoms with Crippen molar-refractivity contribution in [2.45, 2.75) is 71.6 Å². The zero-order valence-corrected chi connectivity index (χ0v) is 33.5. The van der Waals surface area contributed by atoms with Crippen LogP contribution in [-0.4, -0.2) is 3.21 Å². The predicted molar refractivity (Wildman–Crippen MR) is 197 cm³/mol. The topological polar surface area (TPSA) is 0 Å². The molecule has 0 unspecified atom stereocenters. The first-order valence-electron chi connectivity index (χ1n) is 16.7. The van der Waals surface area contributed by atoms with E-state index in [1.54, 1.807) is 24.3 Å². The molecule has 5 aromatic carbocycles. The van der Waals surface area contributed by atoms with E-state index in [0.29, 0.717) is 0 Å². The van der Waals surface area contributed by atoms with E-state index in [1.165, 1.54) is 103 Å². The number of allylic oxidation sites excluding steroid dienone is 8. The van der Waals surface area contributed by atoms with Crippen molar-refractivity contribution in [1.82, 2.24) is 0 Å². The minimum atomic E-state index is -0.244. The fourth-order valence-corrected chi connectivity index (χ4v) is 7.69. The van der Waals surface area contributed by atoms with E-state index in [1.807, 2.05) is 12.2 Å². The van der Waals surface area contributed by atoms with Gasteiger partial charge in [-0.25, -0.2) is 12.2 Å². The van der Waals surface area contributed by atoms with Crippen LogP contribution in [0, 0.1) is 17.7 Å². The Hall–Kier alpha value is -3.10. The Morgan fingerprint density at radius 2 is 1.10 bits per heavy atom. The van der Waals surface area contributed by atoms with Gasteiger partial charge in [0.2, 0.25) is 0 Å². The number of hydrogen-bond acceptors (Lipinski definition) is 0. The fourth-order valence-electron chi connectivity index (χ4n) is 6.87. The third-order valence-electron chi connectivity index (χ3n) is 9.98. The molecule has 0 spiro atoms. The SMILES string of the molecule is CC1=CCC(C)(C)c2cc3[cH-]c4cc5c(cc4c3cc21)C(C)=CCC5(C)C.Fc1ccc([C](=[Zr+2])c2ccc(F)cc2)cc1.[C-]1=CC=CC1.[Cl-].[Cl-]. The zero-order valence-electron chi connectivity index (χ0n) is 29.5. The van der Waals surface area contributed by atoms with Gasteiger partial charge in [0.15, 0.2) is 0 Å². The molecule has 0 bridgehead atoms. The molecule has 0 aromatic heterocycles. The average Bonchev–Trinajstić information content (AvgIpc) is 3.77. The molecule has 50 heavy (non-hydrogen) atoms. The van der Waals surface area contributed by atoms with E-state index >= 15 is 0 Å².